The minimum atomic E-state index is 0.535. The quantitative estimate of drug-likeness (QED) is 0.610. The van der Waals surface area contributed by atoms with E-state index in [0.717, 1.165) is 10.2 Å². The van der Waals surface area contributed by atoms with Crippen molar-refractivity contribution in [2.75, 3.05) is 0 Å². The molecule has 74 valence electrons. The molecule has 0 radical (unpaired) electrons. The van der Waals surface area contributed by atoms with Gasteiger partial charge in [-0.05, 0) is 17.5 Å². The third-order valence-corrected chi connectivity index (χ3v) is 4.63. The predicted octanol–water partition coefficient (Wildman–Crippen LogP) is 4.07. The molecule has 0 N–H and O–H groups in total. The van der Waals surface area contributed by atoms with Gasteiger partial charge in [-0.1, -0.05) is 17.7 Å². The van der Waals surface area contributed by atoms with Crippen LogP contribution in [-0.2, 0) is 0 Å². The largest absolute Gasteiger partial charge is 0.235 e. The summed E-state index contributed by atoms with van der Waals surface area (Å²) < 4.78 is 0.961. The van der Waals surface area contributed by atoms with Crippen molar-refractivity contribution in [3.05, 3.63) is 35.1 Å². The maximum absolute atomic E-state index is 5.99. The number of nitrogens with zero attached hydrogens (tertiary/aromatic N) is 2. The Kier molecular flexibility index (Phi) is 2.20. The normalized spacial score (nSPS) is 11.0. The van der Waals surface area contributed by atoms with E-state index in [1.54, 1.807) is 22.7 Å². The number of halogens is 1. The summed E-state index contributed by atoms with van der Waals surface area (Å²) in [6, 6.07) is 6.19. The molecule has 0 unspecified atom stereocenters. The SMILES string of the molecule is Clc1ncnc2cc(-c3cccs3)sc12. The van der Waals surface area contributed by atoms with E-state index in [-0.39, 0.29) is 0 Å². The zero-order chi connectivity index (χ0) is 10.3. The Bertz CT molecular complexity index is 601. The van der Waals surface area contributed by atoms with Gasteiger partial charge < -0.3 is 0 Å². The van der Waals surface area contributed by atoms with Crippen molar-refractivity contribution in [1.29, 1.82) is 0 Å². The monoisotopic (exact) mass is 252 g/mol. The minimum absolute atomic E-state index is 0.535. The van der Waals surface area contributed by atoms with Crippen molar-refractivity contribution < 1.29 is 0 Å². The Morgan fingerprint density at radius 3 is 2.87 bits per heavy atom. The van der Waals surface area contributed by atoms with E-state index in [1.165, 1.54) is 16.1 Å². The van der Waals surface area contributed by atoms with E-state index < -0.39 is 0 Å². The van der Waals surface area contributed by atoms with Crippen LogP contribution < -0.4 is 0 Å². The van der Waals surface area contributed by atoms with Crippen LogP contribution in [0.1, 0.15) is 0 Å². The van der Waals surface area contributed by atoms with E-state index in [1.807, 2.05) is 6.07 Å². The van der Waals surface area contributed by atoms with E-state index in [0.29, 0.717) is 5.15 Å². The maximum Gasteiger partial charge on any atom is 0.150 e. The molecule has 15 heavy (non-hydrogen) atoms. The first-order valence-electron chi connectivity index (χ1n) is 4.28. The molecule has 0 saturated carbocycles. The fraction of sp³-hybridized carbons (Fsp3) is 0. The summed E-state index contributed by atoms with van der Waals surface area (Å²) in [5.74, 6) is 0. The molecule has 0 saturated heterocycles. The molecule has 0 atom stereocenters. The van der Waals surface area contributed by atoms with Gasteiger partial charge in [0.2, 0.25) is 0 Å². The minimum Gasteiger partial charge on any atom is -0.235 e. The highest BCUT2D eigenvalue weighted by molar-refractivity contribution is 7.26. The molecule has 0 bridgehead atoms. The Morgan fingerprint density at radius 1 is 1.20 bits per heavy atom. The average Bonchev–Trinajstić information content (AvgIpc) is 2.86. The highest BCUT2D eigenvalue weighted by atomic mass is 35.5. The van der Waals surface area contributed by atoms with Gasteiger partial charge in [-0.3, -0.25) is 0 Å². The number of hydrogen-bond acceptors (Lipinski definition) is 4. The van der Waals surface area contributed by atoms with Crippen LogP contribution in [0.5, 0.6) is 0 Å². The van der Waals surface area contributed by atoms with Crippen LogP contribution in [0.3, 0.4) is 0 Å². The van der Waals surface area contributed by atoms with Crippen LogP contribution in [0.25, 0.3) is 20.0 Å². The Hall–Kier alpha value is -0.970. The molecule has 0 aliphatic rings. The Morgan fingerprint density at radius 2 is 2.13 bits per heavy atom. The standard InChI is InChI=1S/C10H5ClN2S2/c11-10-9-6(12-5-13-10)4-8(15-9)7-2-1-3-14-7/h1-5H. The summed E-state index contributed by atoms with van der Waals surface area (Å²) in [6.45, 7) is 0. The summed E-state index contributed by atoms with van der Waals surface area (Å²) in [7, 11) is 0. The van der Waals surface area contributed by atoms with Gasteiger partial charge in [0.05, 0.1) is 10.2 Å². The van der Waals surface area contributed by atoms with Crippen LogP contribution in [0.2, 0.25) is 5.15 Å². The number of rotatable bonds is 1. The van der Waals surface area contributed by atoms with Crippen LogP contribution in [0, 0.1) is 0 Å². The molecule has 0 fully saturated rings. The third-order valence-electron chi connectivity index (χ3n) is 2.03. The first kappa shape index (κ1) is 9.27. The molecular weight excluding hydrogens is 248 g/mol. The lowest BCUT2D eigenvalue weighted by molar-refractivity contribution is 1.23. The molecule has 2 nitrogen and oxygen atoms in total. The van der Waals surface area contributed by atoms with Crippen LogP contribution in [0.15, 0.2) is 29.9 Å². The van der Waals surface area contributed by atoms with Crippen molar-refractivity contribution in [2.24, 2.45) is 0 Å². The summed E-state index contributed by atoms with van der Waals surface area (Å²) >= 11 is 9.35. The lowest BCUT2D eigenvalue weighted by Crippen LogP contribution is -1.76. The summed E-state index contributed by atoms with van der Waals surface area (Å²) in [5.41, 5.74) is 0.920. The fourth-order valence-corrected chi connectivity index (χ4v) is 3.44. The van der Waals surface area contributed by atoms with Crippen molar-refractivity contribution in [3.8, 4) is 9.75 Å². The maximum atomic E-state index is 5.99. The van der Waals surface area contributed by atoms with E-state index in [2.05, 4.69) is 27.5 Å². The molecule has 0 amide bonds. The molecule has 3 aromatic heterocycles. The van der Waals surface area contributed by atoms with Gasteiger partial charge in [-0.15, -0.1) is 22.7 Å². The third kappa shape index (κ3) is 1.55. The van der Waals surface area contributed by atoms with Crippen LogP contribution in [-0.4, -0.2) is 9.97 Å². The topological polar surface area (TPSA) is 25.8 Å². The molecule has 0 spiro atoms. The van der Waals surface area contributed by atoms with Crippen molar-refractivity contribution in [2.45, 2.75) is 0 Å². The molecule has 3 aromatic rings. The average molecular weight is 253 g/mol. The molecule has 0 aliphatic carbocycles. The van der Waals surface area contributed by atoms with Gasteiger partial charge >= 0.3 is 0 Å². The molecule has 0 aromatic carbocycles. The second-order valence-electron chi connectivity index (χ2n) is 2.97. The second-order valence-corrected chi connectivity index (χ2v) is 5.32. The van der Waals surface area contributed by atoms with E-state index in [4.69, 9.17) is 11.6 Å². The number of aromatic nitrogens is 2. The van der Waals surface area contributed by atoms with Gasteiger partial charge in [-0.2, -0.15) is 0 Å². The van der Waals surface area contributed by atoms with E-state index in [9.17, 15) is 0 Å². The zero-order valence-electron chi connectivity index (χ0n) is 7.48. The second kappa shape index (κ2) is 3.56. The Balaban J connectivity index is 2.27. The number of fused-ring (bicyclic) bond motifs is 1. The highest BCUT2D eigenvalue weighted by Crippen LogP contribution is 2.37. The van der Waals surface area contributed by atoms with Gasteiger partial charge in [0.1, 0.15) is 11.5 Å². The molecule has 3 heterocycles. The van der Waals surface area contributed by atoms with Crippen molar-refractivity contribution in [1.82, 2.24) is 9.97 Å². The summed E-state index contributed by atoms with van der Waals surface area (Å²) in [5, 5.41) is 2.60. The molecule has 5 heteroatoms. The fourth-order valence-electron chi connectivity index (χ4n) is 1.37. The zero-order valence-corrected chi connectivity index (χ0v) is 9.86. The first-order valence-corrected chi connectivity index (χ1v) is 6.36. The van der Waals surface area contributed by atoms with Crippen LogP contribution in [0.4, 0.5) is 0 Å². The number of thiophene rings is 2. The van der Waals surface area contributed by atoms with Gasteiger partial charge in [-0.25, -0.2) is 9.97 Å². The van der Waals surface area contributed by atoms with Gasteiger partial charge in [0.15, 0.2) is 0 Å². The molecular formula is C10H5ClN2S2. The van der Waals surface area contributed by atoms with Crippen molar-refractivity contribution >= 4 is 44.5 Å². The molecule has 0 aliphatic heterocycles. The lowest BCUT2D eigenvalue weighted by atomic mass is 10.3. The Labute approximate surface area is 99.2 Å². The van der Waals surface area contributed by atoms with Crippen molar-refractivity contribution in [3.63, 3.8) is 0 Å². The highest BCUT2D eigenvalue weighted by Gasteiger charge is 2.08. The smallest absolute Gasteiger partial charge is 0.150 e. The van der Waals surface area contributed by atoms with Gasteiger partial charge in [0, 0.05) is 9.75 Å². The molecule has 3 rings (SSSR count). The van der Waals surface area contributed by atoms with Crippen LogP contribution >= 0.6 is 34.3 Å². The lowest BCUT2D eigenvalue weighted by Gasteiger charge is -1.88. The number of hydrogen-bond donors (Lipinski definition) is 0. The summed E-state index contributed by atoms with van der Waals surface area (Å²) in [4.78, 5) is 10.6. The predicted molar refractivity (Wildman–Crippen MR) is 65.7 cm³/mol. The van der Waals surface area contributed by atoms with E-state index >= 15 is 0 Å². The first-order chi connectivity index (χ1) is 7.34. The van der Waals surface area contributed by atoms with Gasteiger partial charge in [0.25, 0.3) is 0 Å². The summed E-state index contributed by atoms with van der Waals surface area (Å²) in [6.07, 6.45) is 1.50.